The number of nitrogens with two attached hydrogens (primary N) is 4. The Hall–Kier alpha value is -5.31. The van der Waals surface area contributed by atoms with Crippen molar-refractivity contribution < 1.29 is 43.3 Å². The summed E-state index contributed by atoms with van der Waals surface area (Å²) in [5, 5.41) is 23.1. The van der Waals surface area contributed by atoms with Crippen molar-refractivity contribution in [1.82, 2.24) is 26.6 Å². The highest BCUT2D eigenvalue weighted by Crippen LogP contribution is 2.27. The minimum Gasteiger partial charge on any atom is -0.391 e. The van der Waals surface area contributed by atoms with Gasteiger partial charge in [-0.3, -0.25) is 28.8 Å². The topological polar surface area (TPSA) is 309 Å². The lowest BCUT2D eigenvalue weighted by molar-refractivity contribution is -0.136. The summed E-state index contributed by atoms with van der Waals surface area (Å²) < 4.78 is 11.1. The molecular formula is C42H56ClN9O9. The Balaban J connectivity index is 1.28. The van der Waals surface area contributed by atoms with Gasteiger partial charge in [0.1, 0.15) is 30.4 Å². The maximum absolute atomic E-state index is 13.4. The van der Waals surface area contributed by atoms with Crippen molar-refractivity contribution in [2.24, 2.45) is 22.9 Å². The zero-order valence-corrected chi connectivity index (χ0v) is 34.6. The predicted octanol–water partition coefficient (Wildman–Crippen LogP) is -0.321. The van der Waals surface area contributed by atoms with Crippen molar-refractivity contribution in [2.75, 3.05) is 19.7 Å². The summed E-state index contributed by atoms with van der Waals surface area (Å²) in [5.41, 5.74) is 26.3. The quantitative estimate of drug-likeness (QED) is 0.0297. The number of carbonyl (C=O) groups excluding carboxylic acids is 6. The Morgan fingerprint density at radius 2 is 1.33 bits per heavy atom. The maximum Gasteiger partial charge on any atom is 0.258 e. The van der Waals surface area contributed by atoms with Gasteiger partial charge in [-0.15, -0.1) is 0 Å². The van der Waals surface area contributed by atoms with Gasteiger partial charge < -0.3 is 64.1 Å². The zero-order chi connectivity index (χ0) is 44.5. The third-order valence-electron chi connectivity index (χ3n) is 9.75. The van der Waals surface area contributed by atoms with Gasteiger partial charge in [0.15, 0.2) is 6.17 Å². The molecule has 0 aromatic heterocycles. The molecule has 1 aliphatic heterocycles. The van der Waals surface area contributed by atoms with Gasteiger partial charge in [0.25, 0.3) is 11.8 Å². The number of aliphatic hydroxyl groups excluding tert-OH is 1. The minimum absolute atomic E-state index is 0.0105. The first kappa shape index (κ1) is 48.4. The van der Waals surface area contributed by atoms with Crippen LogP contribution in [0.2, 0.25) is 5.02 Å². The fraction of sp³-hybridized carbons (Fsp3) is 0.429. The largest absolute Gasteiger partial charge is 0.391 e. The number of nitrogens with one attached hydrogen (secondary N) is 5. The molecular weight excluding hydrogens is 810 g/mol. The van der Waals surface area contributed by atoms with Crippen molar-refractivity contribution in [2.45, 2.75) is 94.4 Å². The van der Waals surface area contributed by atoms with Crippen molar-refractivity contribution in [3.05, 3.63) is 95.0 Å². The normalized spacial score (nSPS) is 17.4. The zero-order valence-electron chi connectivity index (χ0n) is 33.9. The summed E-state index contributed by atoms with van der Waals surface area (Å²) >= 11 is 5.98. The van der Waals surface area contributed by atoms with Gasteiger partial charge in [-0.1, -0.05) is 66.2 Å². The van der Waals surface area contributed by atoms with Crippen molar-refractivity contribution in [3.63, 3.8) is 0 Å². The van der Waals surface area contributed by atoms with Crippen LogP contribution in [-0.2, 0) is 40.1 Å². The summed E-state index contributed by atoms with van der Waals surface area (Å²) in [6.07, 6.45) is -4.51. The van der Waals surface area contributed by atoms with Gasteiger partial charge in [0.05, 0.1) is 18.8 Å². The van der Waals surface area contributed by atoms with Crippen LogP contribution in [0.3, 0.4) is 0 Å². The molecule has 0 aliphatic carbocycles. The molecule has 14 N–H and O–H groups in total. The van der Waals surface area contributed by atoms with Gasteiger partial charge in [-0.05, 0) is 93.1 Å². The standard InChI is InChI=1S/C42H56ClN9O9/c1-24(53)33(50-39(56)31(18-21-45)48-38(55)28-12-10-26(11-13-28)27-14-16-29(43)17-15-27)41(58)52-37(47)42(59)49-30(9-5-6-20-44)40(57)51-36(46)34(54)35-32(61-35)19-22-60-23-25-7-3-2-4-8-25/h2-4,7-8,10-17,24,30-33,35-37,53H,5-6,9,18-23,44-47H2,1H3,(H,48,55)(H,49,59)(H,50,56)(H,51,57)(H,52,58)/t24-,30+,31+,32?,33+,35?,36-,37-/m1/s1. The summed E-state index contributed by atoms with van der Waals surface area (Å²) in [6, 6.07) is 19.3. The van der Waals surface area contributed by atoms with E-state index in [1.807, 2.05) is 42.5 Å². The summed E-state index contributed by atoms with van der Waals surface area (Å²) in [4.78, 5) is 79.2. The Morgan fingerprint density at radius 3 is 1.95 bits per heavy atom. The van der Waals surface area contributed by atoms with Gasteiger partial charge in [-0.25, -0.2) is 0 Å². The molecule has 3 aromatic carbocycles. The minimum atomic E-state index is -1.76. The lowest BCUT2D eigenvalue weighted by Crippen LogP contribution is -2.63. The number of benzene rings is 3. The first-order valence-electron chi connectivity index (χ1n) is 20.0. The van der Waals surface area contributed by atoms with Crippen molar-refractivity contribution >= 4 is 46.9 Å². The molecule has 0 radical (unpaired) electrons. The van der Waals surface area contributed by atoms with Gasteiger partial charge >= 0.3 is 0 Å². The third kappa shape index (κ3) is 15.3. The first-order chi connectivity index (χ1) is 29.2. The van der Waals surface area contributed by atoms with E-state index < -0.39 is 84.1 Å². The number of aliphatic hydroxyl groups is 1. The number of hydrogen-bond acceptors (Lipinski definition) is 13. The van der Waals surface area contributed by atoms with Crippen LogP contribution in [0, 0.1) is 0 Å². The number of epoxide rings is 1. The number of ketones is 1. The van der Waals surface area contributed by atoms with E-state index in [9.17, 15) is 33.9 Å². The Labute approximate surface area is 359 Å². The van der Waals surface area contributed by atoms with Crippen LogP contribution in [0.4, 0.5) is 0 Å². The highest BCUT2D eigenvalue weighted by molar-refractivity contribution is 6.30. The van der Waals surface area contributed by atoms with Crippen LogP contribution in [0.25, 0.3) is 11.1 Å². The number of hydrogen-bond donors (Lipinski definition) is 10. The SMILES string of the molecule is C[C@@H](O)[C@H](NC(=O)[C@H](CCN)NC(=O)c1ccc(-c2ccc(Cl)cc2)cc1)C(=O)N[C@@H](N)C(=O)N[C@@H](CCCCN)C(=O)N[C@@H](N)C(=O)C1OC1CCOCc1ccccc1. The van der Waals surface area contributed by atoms with Crippen molar-refractivity contribution in [1.29, 1.82) is 0 Å². The van der Waals surface area contributed by atoms with Crippen LogP contribution >= 0.6 is 11.6 Å². The molecule has 1 saturated heterocycles. The molecule has 3 aromatic rings. The number of Topliss-reactive ketones (excluding diaryl/α,β-unsaturated/α-hetero) is 1. The molecule has 61 heavy (non-hydrogen) atoms. The Morgan fingerprint density at radius 1 is 0.721 bits per heavy atom. The summed E-state index contributed by atoms with van der Waals surface area (Å²) in [6.45, 7) is 2.28. The summed E-state index contributed by atoms with van der Waals surface area (Å²) in [5.74, 6) is -4.80. The van der Waals surface area contributed by atoms with E-state index in [2.05, 4.69) is 26.6 Å². The number of carbonyl (C=O) groups is 6. The van der Waals surface area contributed by atoms with Gasteiger partial charge in [-0.2, -0.15) is 0 Å². The molecule has 5 amide bonds. The monoisotopic (exact) mass is 865 g/mol. The van der Waals surface area contributed by atoms with Gasteiger partial charge in [0.2, 0.25) is 23.5 Å². The fourth-order valence-electron chi connectivity index (χ4n) is 6.20. The van der Waals surface area contributed by atoms with E-state index in [1.54, 1.807) is 36.4 Å². The molecule has 2 unspecified atom stereocenters. The maximum atomic E-state index is 13.4. The average molecular weight is 866 g/mol. The fourth-order valence-corrected chi connectivity index (χ4v) is 6.33. The van der Waals surface area contributed by atoms with Crippen LogP contribution in [0.5, 0.6) is 0 Å². The molecule has 330 valence electrons. The predicted molar refractivity (Wildman–Crippen MR) is 227 cm³/mol. The third-order valence-corrected chi connectivity index (χ3v) is 10.0. The van der Waals surface area contributed by atoms with Crippen LogP contribution in [0.15, 0.2) is 78.9 Å². The summed E-state index contributed by atoms with van der Waals surface area (Å²) in [7, 11) is 0. The molecule has 0 spiro atoms. The highest BCUT2D eigenvalue weighted by atomic mass is 35.5. The Kier molecular flexibility index (Phi) is 19.2. The van der Waals surface area contributed by atoms with Crippen LogP contribution in [-0.4, -0.2) is 109 Å². The highest BCUT2D eigenvalue weighted by Gasteiger charge is 2.46. The molecule has 0 saturated carbocycles. The lowest BCUT2D eigenvalue weighted by atomic mass is 10.0. The van der Waals surface area contributed by atoms with Crippen LogP contribution < -0.4 is 49.5 Å². The van der Waals surface area contributed by atoms with Gasteiger partial charge in [0, 0.05) is 17.2 Å². The second-order valence-corrected chi connectivity index (χ2v) is 15.0. The molecule has 8 atom stereocenters. The van der Waals surface area contributed by atoms with Crippen molar-refractivity contribution in [3.8, 4) is 11.1 Å². The average Bonchev–Trinajstić information content (AvgIpc) is 4.03. The smallest absolute Gasteiger partial charge is 0.258 e. The molecule has 18 nitrogen and oxygen atoms in total. The number of ether oxygens (including phenoxy) is 2. The molecule has 1 heterocycles. The number of unbranched alkanes of at least 4 members (excludes halogenated alkanes) is 1. The van der Waals surface area contributed by atoms with Crippen LogP contribution in [0.1, 0.15) is 54.9 Å². The van der Waals surface area contributed by atoms with E-state index in [1.165, 1.54) is 6.92 Å². The molecule has 4 rings (SSSR count). The van der Waals surface area contributed by atoms with E-state index in [0.29, 0.717) is 44.0 Å². The van der Waals surface area contributed by atoms with E-state index in [0.717, 1.165) is 16.7 Å². The Bertz CT molecular complexity index is 1920. The van der Waals surface area contributed by atoms with E-state index in [4.69, 9.17) is 44.0 Å². The molecule has 1 aliphatic rings. The second-order valence-electron chi connectivity index (χ2n) is 14.6. The number of rotatable bonds is 25. The molecule has 0 bridgehead atoms. The second kappa shape index (κ2) is 24.2. The lowest BCUT2D eigenvalue weighted by Gasteiger charge is -2.26. The molecule has 19 heteroatoms. The number of amides is 5. The van der Waals surface area contributed by atoms with E-state index >= 15 is 0 Å². The van der Waals surface area contributed by atoms with E-state index in [-0.39, 0.29) is 24.9 Å². The molecule has 1 fully saturated rings. The first-order valence-corrected chi connectivity index (χ1v) is 20.4. The number of halogens is 1.